The van der Waals surface area contributed by atoms with Gasteiger partial charge in [-0.3, -0.25) is 15.0 Å². The first-order valence-corrected chi connectivity index (χ1v) is 10.5. The summed E-state index contributed by atoms with van der Waals surface area (Å²) < 4.78 is 18.8. The van der Waals surface area contributed by atoms with Crippen LogP contribution >= 0.6 is 22.9 Å². The van der Waals surface area contributed by atoms with E-state index in [-0.39, 0.29) is 9.90 Å². The fourth-order valence-electron chi connectivity index (χ4n) is 3.23. The van der Waals surface area contributed by atoms with Crippen molar-refractivity contribution < 1.29 is 28.3 Å². The number of hydrazine groups is 1. The zero-order valence-corrected chi connectivity index (χ0v) is 18.1. The lowest BCUT2D eigenvalue weighted by Crippen LogP contribution is -2.49. The van der Waals surface area contributed by atoms with E-state index in [9.17, 15) is 23.6 Å². The lowest BCUT2D eigenvalue weighted by molar-refractivity contribution is -0.140. The van der Waals surface area contributed by atoms with E-state index in [4.69, 9.17) is 16.3 Å². The van der Waals surface area contributed by atoms with Gasteiger partial charge < -0.3 is 10.1 Å². The molecule has 164 valence electrons. The SMILES string of the molecule is C[C@]1(c2ccccc2)NC(=O)N(NC(=O)COC(=O)c2sc3cc(F)ccc3c2Cl)C1=O. The van der Waals surface area contributed by atoms with Crippen LogP contribution in [0.2, 0.25) is 5.02 Å². The number of hydrogen-bond acceptors (Lipinski definition) is 6. The Balaban J connectivity index is 1.41. The number of rotatable bonds is 5. The number of urea groups is 1. The van der Waals surface area contributed by atoms with Crippen molar-refractivity contribution >= 4 is 56.8 Å². The van der Waals surface area contributed by atoms with Crippen LogP contribution in [0.15, 0.2) is 48.5 Å². The van der Waals surface area contributed by atoms with Gasteiger partial charge in [-0.2, -0.15) is 5.01 Å². The van der Waals surface area contributed by atoms with Crippen molar-refractivity contribution in [2.24, 2.45) is 0 Å². The third kappa shape index (κ3) is 3.78. The summed E-state index contributed by atoms with van der Waals surface area (Å²) in [5, 5.41) is 3.64. The van der Waals surface area contributed by atoms with E-state index in [1.807, 2.05) is 0 Å². The maximum Gasteiger partial charge on any atom is 0.350 e. The van der Waals surface area contributed by atoms with Gasteiger partial charge in [-0.05, 0) is 30.7 Å². The molecule has 0 aliphatic carbocycles. The molecule has 3 aromatic rings. The van der Waals surface area contributed by atoms with Crippen molar-refractivity contribution in [3.63, 3.8) is 0 Å². The lowest BCUT2D eigenvalue weighted by Gasteiger charge is -2.22. The number of imide groups is 1. The first-order valence-electron chi connectivity index (χ1n) is 9.27. The molecule has 11 heteroatoms. The van der Waals surface area contributed by atoms with E-state index in [0.717, 1.165) is 11.3 Å². The summed E-state index contributed by atoms with van der Waals surface area (Å²) in [6, 6.07) is 11.6. The molecule has 2 heterocycles. The van der Waals surface area contributed by atoms with Gasteiger partial charge in [-0.1, -0.05) is 41.9 Å². The van der Waals surface area contributed by atoms with Crippen LogP contribution in [0.4, 0.5) is 9.18 Å². The highest BCUT2D eigenvalue weighted by atomic mass is 35.5. The van der Waals surface area contributed by atoms with Gasteiger partial charge in [0, 0.05) is 10.1 Å². The standard InChI is InChI=1S/C21H15ClFN3O5S/c1-21(11-5-3-2-4-6-11)19(29)26(20(30)24-21)25-15(27)10-31-18(28)17-16(22)13-8-7-12(23)9-14(13)32-17/h2-9H,10H2,1H3,(H,24,30)(H,25,27)/t21-/m1/s1. The lowest BCUT2D eigenvalue weighted by atomic mass is 9.92. The van der Waals surface area contributed by atoms with Crippen molar-refractivity contribution in [3.8, 4) is 0 Å². The summed E-state index contributed by atoms with van der Waals surface area (Å²) in [5.41, 5.74) is 1.32. The van der Waals surface area contributed by atoms with E-state index in [1.165, 1.54) is 25.1 Å². The molecule has 1 atom stereocenters. The van der Waals surface area contributed by atoms with Crippen LogP contribution in [0, 0.1) is 5.82 Å². The molecule has 1 aromatic heterocycles. The number of hydrogen-bond donors (Lipinski definition) is 2. The third-order valence-corrected chi connectivity index (χ3v) is 6.53. The number of amides is 4. The highest BCUT2D eigenvalue weighted by molar-refractivity contribution is 7.21. The Morgan fingerprint density at radius 3 is 2.66 bits per heavy atom. The quantitative estimate of drug-likeness (QED) is 0.435. The first-order chi connectivity index (χ1) is 15.2. The Hall–Kier alpha value is -3.50. The molecule has 0 unspecified atom stereocenters. The fraction of sp³-hybridized carbons (Fsp3) is 0.143. The maximum absolute atomic E-state index is 13.4. The molecule has 2 N–H and O–H groups in total. The summed E-state index contributed by atoms with van der Waals surface area (Å²) in [5.74, 6) is -2.96. The Morgan fingerprint density at radius 1 is 1.22 bits per heavy atom. The summed E-state index contributed by atoms with van der Waals surface area (Å²) >= 11 is 7.09. The molecule has 1 fully saturated rings. The number of halogens is 2. The van der Waals surface area contributed by atoms with Crippen LogP contribution in [0.25, 0.3) is 10.1 Å². The average molecular weight is 476 g/mol. The second-order valence-electron chi connectivity index (χ2n) is 7.06. The molecule has 0 spiro atoms. The van der Waals surface area contributed by atoms with E-state index >= 15 is 0 Å². The number of nitrogens with zero attached hydrogens (tertiary/aromatic N) is 1. The molecule has 0 bridgehead atoms. The van der Waals surface area contributed by atoms with Crippen molar-refractivity contribution in [2.45, 2.75) is 12.5 Å². The summed E-state index contributed by atoms with van der Waals surface area (Å²) in [7, 11) is 0. The van der Waals surface area contributed by atoms with Crippen LogP contribution in [0.5, 0.6) is 0 Å². The van der Waals surface area contributed by atoms with Gasteiger partial charge in [-0.25, -0.2) is 14.0 Å². The Morgan fingerprint density at radius 2 is 1.94 bits per heavy atom. The number of nitrogens with one attached hydrogen (secondary N) is 2. The van der Waals surface area contributed by atoms with Gasteiger partial charge in [0.05, 0.1) is 5.02 Å². The maximum atomic E-state index is 13.4. The molecule has 4 amide bonds. The zero-order valence-electron chi connectivity index (χ0n) is 16.5. The third-order valence-electron chi connectivity index (χ3n) is 4.89. The number of ether oxygens (including phenoxy) is 1. The van der Waals surface area contributed by atoms with Crippen LogP contribution in [0.3, 0.4) is 0 Å². The number of thiophene rings is 1. The molecule has 8 nitrogen and oxygen atoms in total. The summed E-state index contributed by atoms with van der Waals surface area (Å²) in [6.45, 7) is 0.748. The largest absolute Gasteiger partial charge is 0.451 e. The number of benzene rings is 2. The minimum Gasteiger partial charge on any atom is -0.451 e. The molecular weight excluding hydrogens is 461 g/mol. The molecular formula is C21H15ClFN3O5S. The van der Waals surface area contributed by atoms with Crippen molar-refractivity contribution in [1.29, 1.82) is 0 Å². The van der Waals surface area contributed by atoms with Crippen molar-refractivity contribution in [3.05, 3.63) is 69.8 Å². The minimum absolute atomic E-state index is 0.00621. The molecule has 0 radical (unpaired) electrons. The van der Waals surface area contributed by atoms with Gasteiger partial charge in [0.2, 0.25) is 0 Å². The second-order valence-corrected chi connectivity index (χ2v) is 8.49. The first kappa shape index (κ1) is 21.7. The zero-order chi connectivity index (χ0) is 23.0. The Kier molecular flexibility index (Phi) is 5.57. The molecule has 32 heavy (non-hydrogen) atoms. The van der Waals surface area contributed by atoms with Gasteiger partial charge >= 0.3 is 12.0 Å². The molecule has 0 saturated carbocycles. The molecule has 1 aliphatic heterocycles. The van der Waals surface area contributed by atoms with Crippen LogP contribution < -0.4 is 10.7 Å². The van der Waals surface area contributed by atoms with Gasteiger partial charge in [0.1, 0.15) is 16.2 Å². The Bertz CT molecular complexity index is 1270. The normalized spacial score (nSPS) is 18.0. The van der Waals surface area contributed by atoms with Crippen molar-refractivity contribution in [1.82, 2.24) is 15.8 Å². The molecule has 4 rings (SSSR count). The van der Waals surface area contributed by atoms with E-state index in [2.05, 4.69) is 10.7 Å². The Labute approximate surface area is 189 Å². The van der Waals surface area contributed by atoms with Gasteiger partial charge in [0.15, 0.2) is 6.61 Å². The number of carbonyl (C=O) groups excluding carboxylic acids is 4. The van der Waals surface area contributed by atoms with Gasteiger partial charge in [0.25, 0.3) is 11.8 Å². The van der Waals surface area contributed by atoms with Crippen molar-refractivity contribution in [2.75, 3.05) is 6.61 Å². The topological polar surface area (TPSA) is 105 Å². The summed E-state index contributed by atoms with van der Waals surface area (Å²) in [4.78, 5) is 49.6. The predicted molar refractivity (Wildman–Crippen MR) is 114 cm³/mol. The number of esters is 1. The van der Waals surface area contributed by atoms with E-state index in [1.54, 1.807) is 30.3 Å². The molecule has 1 saturated heterocycles. The molecule has 2 aromatic carbocycles. The van der Waals surface area contributed by atoms with Crippen LogP contribution in [-0.4, -0.2) is 35.4 Å². The average Bonchev–Trinajstić information content (AvgIpc) is 3.21. The monoisotopic (exact) mass is 475 g/mol. The highest BCUT2D eigenvalue weighted by Gasteiger charge is 2.50. The number of fused-ring (bicyclic) bond motifs is 1. The minimum atomic E-state index is -1.36. The predicted octanol–water partition coefficient (Wildman–Crippen LogP) is 3.35. The second kappa shape index (κ2) is 8.21. The van der Waals surface area contributed by atoms with E-state index < -0.39 is 41.8 Å². The summed E-state index contributed by atoms with van der Waals surface area (Å²) in [6.07, 6.45) is 0. The number of carbonyl (C=O) groups is 4. The van der Waals surface area contributed by atoms with Crippen LogP contribution in [-0.2, 0) is 19.9 Å². The van der Waals surface area contributed by atoms with Gasteiger partial charge in [-0.15, -0.1) is 11.3 Å². The van der Waals surface area contributed by atoms with E-state index in [0.29, 0.717) is 20.7 Å². The fourth-order valence-corrected chi connectivity index (χ4v) is 4.66. The highest BCUT2D eigenvalue weighted by Crippen LogP contribution is 2.36. The smallest absolute Gasteiger partial charge is 0.350 e. The van der Waals surface area contributed by atoms with Crippen LogP contribution in [0.1, 0.15) is 22.2 Å². The molecule has 1 aliphatic rings.